The largest absolute Gasteiger partial charge is 0.477 e. The fourth-order valence-electron chi connectivity index (χ4n) is 1.31. The van der Waals surface area contributed by atoms with Crippen molar-refractivity contribution in [2.75, 3.05) is 30.5 Å². The molecule has 0 aliphatic carbocycles. The van der Waals surface area contributed by atoms with Crippen LogP contribution in [0.3, 0.4) is 0 Å². The molecule has 1 aromatic heterocycles. The van der Waals surface area contributed by atoms with E-state index in [0.717, 1.165) is 6.26 Å². The summed E-state index contributed by atoms with van der Waals surface area (Å²) in [5, 5.41) is 9.01. The maximum absolute atomic E-state index is 11.1. The lowest BCUT2D eigenvalue weighted by molar-refractivity contribution is 0.0696. The van der Waals surface area contributed by atoms with Gasteiger partial charge in [0.15, 0.2) is 0 Å². The number of anilines is 1. The van der Waals surface area contributed by atoms with Crippen LogP contribution in [0.25, 0.3) is 0 Å². The van der Waals surface area contributed by atoms with Crippen molar-refractivity contribution >= 4 is 21.6 Å². The van der Waals surface area contributed by atoms with Gasteiger partial charge in [0, 0.05) is 26.0 Å². The fourth-order valence-corrected chi connectivity index (χ4v) is 1.91. The van der Waals surface area contributed by atoms with Crippen molar-refractivity contribution < 1.29 is 18.3 Å². The first kappa shape index (κ1) is 14.4. The predicted molar refractivity (Wildman–Crippen MR) is 66.7 cm³/mol. The molecule has 1 N–H and O–H groups in total. The number of hydrogen-bond acceptors (Lipinski definition) is 6. The highest BCUT2D eigenvalue weighted by molar-refractivity contribution is 7.90. The molecule has 0 aliphatic heterocycles. The summed E-state index contributed by atoms with van der Waals surface area (Å²) >= 11 is 0. The van der Waals surface area contributed by atoms with Gasteiger partial charge in [-0.3, -0.25) is 0 Å². The van der Waals surface area contributed by atoms with Crippen LogP contribution in [-0.2, 0) is 9.84 Å². The van der Waals surface area contributed by atoms with Crippen LogP contribution < -0.4 is 4.90 Å². The van der Waals surface area contributed by atoms with Crippen LogP contribution in [0.1, 0.15) is 16.2 Å². The summed E-state index contributed by atoms with van der Waals surface area (Å²) in [5.74, 6) is -0.554. The van der Waals surface area contributed by atoms with E-state index in [1.54, 1.807) is 14.0 Å². The highest BCUT2D eigenvalue weighted by Gasteiger charge is 2.17. The van der Waals surface area contributed by atoms with Gasteiger partial charge in [-0.1, -0.05) is 0 Å². The number of aromatic nitrogens is 2. The Morgan fingerprint density at radius 1 is 1.50 bits per heavy atom. The Hall–Kier alpha value is -1.70. The van der Waals surface area contributed by atoms with E-state index in [1.165, 1.54) is 11.1 Å². The molecule has 0 aliphatic rings. The summed E-state index contributed by atoms with van der Waals surface area (Å²) in [6.45, 7) is 1.81. The van der Waals surface area contributed by atoms with Crippen LogP contribution in [-0.4, -0.2) is 55.1 Å². The Morgan fingerprint density at radius 2 is 2.11 bits per heavy atom. The molecular weight excluding hydrogens is 258 g/mol. The third-order valence-electron chi connectivity index (χ3n) is 2.28. The molecule has 0 saturated heterocycles. The standard InChI is InChI=1S/C10H15N3O4S/c1-7-11-6-8(10(14)15)9(12-7)13(2)4-5-18(3,16)17/h6H,4-5H2,1-3H3,(H,14,15). The molecular formula is C10H15N3O4S. The zero-order chi connectivity index (χ0) is 13.9. The quantitative estimate of drug-likeness (QED) is 0.803. The summed E-state index contributed by atoms with van der Waals surface area (Å²) in [6, 6.07) is 0. The molecule has 1 rings (SSSR count). The first-order valence-corrected chi connectivity index (χ1v) is 7.22. The number of hydrogen-bond donors (Lipinski definition) is 1. The summed E-state index contributed by atoms with van der Waals surface area (Å²) in [7, 11) is -1.51. The van der Waals surface area contributed by atoms with Gasteiger partial charge in [0.25, 0.3) is 0 Å². The second kappa shape index (κ2) is 5.30. The number of rotatable bonds is 5. The minimum atomic E-state index is -3.10. The van der Waals surface area contributed by atoms with E-state index in [4.69, 9.17) is 5.11 Å². The van der Waals surface area contributed by atoms with Crippen molar-refractivity contribution in [3.05, 3.63) is 17.6 Å². The Labute approximate surface area is 105 Å². The van der Waals surface area contributed by atoms with Gasteiger partial charge in [-0.15, -0.1) is 0 Å². The molecule has 1 heterocycles. The van der Waals surface area contributed by atoms with Gasteiger partial charge in [0.1, 0.15) is 27.0 Å². The van der Waals surface area contributed by atoms with Gasteiger partial charge in [-0.05, 0) is 6.92 Å². The normalized spacial score (nSPS) is 11.3. The van der Waals surface area contributed by atoms with Crippen molar-refractivity contribution in [1.29, 1.82) is 0 Å². The minimum Gasteiger partial charge on any atom is -0.477 e. The molecule has 7 nitrogen and oxygen atoms in total. The molecule has 0 bridgehead atoms. The van der Waals surface area contributed by atoms with Crippen molar-refractivity contribution in [2.45, 2.75) is 6.92 Å². The molecule has 0 atom stereocenters. The van der Waals surface area contributed by atoms with Gasteiger partial charge in [-0.25, -0.2) is 23.2 Å². The lowest BCUT2D eigenvalue weighted by Crippen LogP contribution is -2.27. The lowest BCUT2D eigenvalue weighted by Gasteiger charge is -2.19. The molecule has 0 unspecified atom stereocenters. The van der Waals surface area contributed by atoms with Crippen molar-refractivity contribution in [1.82, 2.24) is 9.97 Å². The zero-order valence-electron chi connectivity index (χ0n) is 10.4. The average Bonchev–Trinajstić information content (AvgIpc) is 2.24. The van der Waals surface area contributed by atoms with E-state index in [0.29, 0.717) is 5.82 Å². The zero-order valence-corrected chi connectivity index (χ0v) is 11.2. The summed E-state index contributed by atoms with van der Waals surface area (Å²) < 4.78 is 22.2. The van der Waals surface area contributed by atoms with Crippen LogP contribution in [0.5, 0.6) is 0 Å². The molecule has 0 amide bonds. The molecule has 0 aromatic carbocycles. The molecule has 0 spiro atoms. The number of carboxylic acids is 1. The maximum Gasteiger partial charge on any atom is 0.341 e. The predicted octanol–water partition coefficient (Wildman–Crippen LogP) is -0.0360. The van der Waals surface area contributed by atoms with Crippen molar-refractivity contribution in [2.24, 2.45) is 0 Å². The number of sulfone groups is 1. The van der Waals surface area contributed by atoms with E-state index < -0.39 is 15.8 Å². The number of aromatic carboxylic acids is 1. The number of nitrogens with zero attached hydrogens (tertiary/aromatic N) is 3. The molecule has 1 aromatic rings. The summed E-state index contributed by atoms with van der Waals surface area (Å²) in [5.41, 5.74) is -0.0448. The van der Waals surface area contributed by atoms with Crippen LogP contribution in [0.15, 0.2) is 6.20 Å². The van der Waals surface area contributed by atoms with Gasteiger partial charge in [0.2, 0.25) is 0 Å². The Kier molecular flexibility index (Phi) is 4.23. The second-order valence-electron chi connectivity index (χ2n) is 4.01. The van der Waals surface area contributed by atoms with Crippen LogP contribution in [0.4, 0.5) is 5.82 Å². The van der Waals surface area contributed by atoms with Crippen molar-refractivity contribution in [3.63, 3.8) is 0 Å². The van der Waals surface area contributed by atoms with E-state index in [-0.39, 0.29) is 23.7 Å². The van der Waals surface area contributed by atoms with E-state index in [2.05, 4.69) is 9.97 Å². The molecule has 0 saturated carbocycles. The number of carbonyl (C=O) groups is 1. The first-order valence-electron chi connectivity index (χ1n) is 5.16. The first-order chi connectivity index (χ1) is 8.20. The Morgan fingerprint density at radius 3 is 2.61 bits per heavy atom. The van der Waals surface area contributed by atoms with E-state index in [9.17, 15) is 13.2 Å². The van der Waals surface area contributed by atoms with Gasteiger partial charge in [0.05, 0.1) is 5.75 Å². The number of carboxylic acid groups (broad SMARTS) is 1. The lowest BCUT2D eigenvalue weighted by atomic mass is 10.3. The average molecular weight is 273 g/mol. The Bertz CT molecular complexity index is 556. The highest BCUT2D eigenvalue weighted by atomic mass is 32.2. The molecule has 0 fully saturated rings. The smallest absolute Gasteiger partial charge is 0.341 e. The van der Waals surface area contributed by atoms with E-state index >= 15 is 0 Å². The third-order valence-corrected chi connectivity index (χ3v) is 3.20. The molecule has 0 radical (unpaired) electrons. The fraction of sp³-hybridized carbons (Fsp3) is 0.500. The van der Waals surface area contributed by atoms with Gasteiger partial charge >= 0.3 is 5.97 Å². The van der Waals surface area contributed by atoms with Crippen LogP contribution in [0.2, 0.25) is 0 Å². The van der Waals surface area contributed by atoms with E-state index in [1.807, 2.05) is 0 Å². The second-order valence-corrected chi connectivity index (χ2v) is 6.27. The molecule has 100 valence electrons. The summed E-state index contributed by atoms with van der Waals surface area (Å²) in [4.78, 5) is 20.4. The minimum absolute atomic E-state index is 0.0448. The van der Waals surface area contributed by atoms with Gasteiger partial charge < -0.3 is 10.0 Å². The maximum atomic E-state index is 11.1. The highest BCUT2D eigenvalue weighted by Crippen LogP contribution is 2.15. The summed E-state index contributed by atoms with van der Waals surface area (Å²) in [6.07, 6.45) is 2.35. The SMILES string of the molecule is Cc1ncc(C(=O)O)c(N(C)CCS(C)(=O)=O)n1. The third kappa shape index (κ3) is 3.95. The Balaban J connectivity index is 3.00. The molecule has 18 heavy (non-hydrogen) atoms. The van der Waals surface area contributed by atoms with Crippen molar-refractivity contribution in [3.8, 4) is 0 Å². The number of aryl methyl sites for hydroxylation is 1. The van der Waals surface area contributed by atoms with Crippen LogP contribution >= 0.6 is 0 Å². The molecule has 8 heteroatoms. The van der Waals surface area contributed by atoms with Crippen LogP contribution in [0, 0.1) is 6.92 Å². The topological polar surface area (TPSA) is 100 Å². The monoisotopic (exact) mass is 273 g/mol. The van der Waals surface area contributed by atoms with Gasteiger partial charge in [-0.2, -0.15) is 0 Å².